The Kier molecular flexibility index (Phi) is 3.52. The van der Waals surface area contributed by atoms with Gasteiger partial charge in [-0.3, -0.25) is 0 Å². The zero-order chi connectivity index (χ0) is 10.7. The molecule has 14 heavy (non-hydrogen) atoms. The van der Waals surface area contributed by atoms with Gasteiger partial charge in [0, 0.05) is 4.47 Å². The maximum absolute atomic E-state index is 10.2. The molecule has 0 aliphatic carbocycles. The molecule has 0 unspecified atom stereocenters. The van der Waals surface area contributed by atoms with E-state index in [1.165, 1.54) is 0 Å². The van der Waals surface area contributed by atoms with Gasteiger partial charge < -0.3 is 14.6 Å². The van der Waals surface area contributed by atoms with Crippen molar-refractivity contribution in [3.8, 4) is 5.75 Å². The summed E-state index contributed by atoms with van der Waals surface area (Å²) in [7, 11) is 0. The first-order valence-electron chi connectivity index (χ1n) is 4.10. The summed E-state index contributed by atoms with van der Waals surface area (Å²) in [4.78, 5) is 10.2. The smallest absolute Gasteiger partial charge is 0.128 e. The second-order valence-corrected chi connectivity index (χ2v) is 3.88. The van der Waals surface area contributed by atoms with E-state index in [0.717, 1.165) is 15.6 Å². The lowest BCUT2D eigenvalue weighted by atomic mass is 10.1. The van der Waals surface area contributed by atoms with Crippen LogP contribution in [-0.4, -0.2) is 12.6 Å². The number of carbonyl (C=O) groups excluding carboxylic acids is 1. The highest BCUT2D eigenvalue weighted by atomic mass is 79.9. The Balaban J connectivity index is 2.87. The van der Waals surface area contributed by atoms with Gasteiger partial charge >= 0.3 is 0 Å². The average molecular weight is 258 g/mol. The first-order chi connectivity index (χ1) is 6.50. The molecule has 0 fully saturated rings. The second kappa shape index (κ2) is 4.46. The SMILES string of the molecule is Cc1cc(OCC(=O)[O-])c(C)cc1Br. The van der Waals surface area contributed by atoms with Crippen LogP contribution in [0.1, 0.15) is 11.1 Å². The number of carbonyl (C=O) groups is 1. The summed E-state index contributed by atoms with van der Waals surface area (Å²) >= 11 is 3.38. The number of halogens is 1. The van der Waals surface area contributed by atoms with Crippen molar-refractivity contribution in [2.75, 3.05) is 6.61 Å². The summed E-state index contributed by atoms with van der Waals surface area (Å²) < 4.78 is 6.03. The molecule has 0 atom stereocenters. The molecule has 0 saturated heterocycles. The number of ether oxygens (including phenoxy) is 1. The Labute approximate surface area is 90.8 Å². The van der Waals surface area contributed by atoms with Crippen molar-refractivity contribution in [1.82, 2.24) is 0 Å². The van der Waals surface area contributed by atoms with Gasteiger partial charge in [0.05, 0.1) is 5.97 Å². The average Bonchev–Trinajstić information content (AvgIpc) is 2.09. The predicted octanol–water partition coefficient (Wildman–Crippen LogP) is 1.19. The summed E-state index contributed by atoms with van der Waals surface area (Å²) in [5.41, 5.74) is 1.90. The fourth-order valence-electron chi connectivity index (χ4n) is 1.05. The van der Waals surface area contributed by atoms with Crippen LogP contribution in [0, 0.1) is 13.8 Å². The lowest BCUT2D eigenvalue weighted by Crippen LogP contribution is -2.29. The van der Waals surface area contributed by atoms with Gasteiger partial charge in [-0.2, -0.15) is 0 Å². The minimum absolute atomic E-state index is 0.415. The van der Waals surface area contributed by atoms with Gasteiger partial charge in [-0.05, 0) is 37.1 Å². The number of aryl methyl sites for hydroxylation is 2. The van der Waals surface area contributed by atoms with Crippen molar-refractivity contribution >= 4 is 21.9 Å². The Morgan fingerprint density at radius 2 is 2.07 bits per heavy atom. The molecule has 4 heteroatoms. The summed E-state index contributed by atoms with van der Waals surface area (Å²) in [5, 5.41) is 10.2. The number of rotatable bonds is 3. The van der Waals surface area contributed by atoms with Crippen LogP contribution in [0.25, 0.3) is 0 Å². The van der Waals surface area contributed by atoms with Crippen molar-refractivity contribution < 1.29 is 14.6 Å². The fraction of sp³-hybridized carbons (Fsp3) is 0.300. The van der Waals surface area contributed by atoms with Gasteiger partial charge in [-0.15, -0.1) is 0 Å². The molecule has 0 saturated carbocycles. The molecule has 76 valence electrons. The van der Waals surface area contributed by atoms with Crippen molar-refractivity contribution in [1.29, 1.82) is 0 Å². The van der Waals surface area contributed by atoms with Crippen LogP contribution in [0.4, 0.5) is 0 Å². The standard InChI is InChI=1S/C10H11BrO3/c1-6-4-9(14-5-10(12)13)7(2)3-8(6)11/h3-4H,5H2,1-2H3,(H,12,13)/p-1. The molecule has 3 nitrogen and oxygen atoms in total. The van der Waals surface area contributed by atoms with Gasteiger partial charge in [0.1, 0.15) is 12.4 Å². The summed E-state index contributed by atoms with van der Waals surface area (Å²) in [6, 6.07) is 3.68. The highest BCUT2D eigenvalue weighted by Crippen LogP contribution is 2.26. The van der Waals surface area contributed by atoms with Crippen molar-refractivity contribution in [2.24, 2.45) is 0 Å². The Morgan fingerprint density at radius 1 is 1.43 bits per heavy atom. The van der Waals surface area contributed by atoms with E-state index >= 15 is 0 Å². The third-order valence-electron chi connectivity index (χ3n) is 1.80. The third kappa shape index (κ3) is 2.73. The molecule has 1 aromatic carbocycles. The third-order valence-corrected chi connectivity index (χ3v) is 2.66. The number of carboxylic acids is 1. The van der Waals surface area contributed by atoms with Crippen LogP contribution >= 0.6 is 15.9 Å². The molecule has 0 amide bonds. The Hall–Kier alpha value is -1.03. The van der Waals surface area contributed by atoms with Gasteiger partial charge in [0.25, 0.3) is 0 Å². The van der Waals surface area contributed by atoms with E-state index in [1.807, 2.05) is 19.9 Å². The van der Waals surface area contributed by atoms with Crippen molar-refractivity contribution in [3.63, 3.8) is 0 Å². The first-order valence-corrected chi connectivity index (χ1v) is 4.89. The van der Waals surface area contributed by atoms with E-state index in [0.29, 0.717) is 5.75 Å². The lowest BCUT2D eigenvalue weighted by Gasteiger charge is -2.11. The van der Waals surface area contributed by atoms with E-state index in [2.05, 4.69) is 15.9 Å². The molecule has 0 N–H and O–H groups in total. The Morgan fingerprint density at radius 3 is 2.64 bits per heavy atom. The molecular weight excluding hydrogens is 248 g/mol. The molecule has 1 rings (SSSR count). The molecule has 0 radical (unpaired) electrons. The van der Waals surface area contributed by atoms with E-state index < -0.39 is 12.6 Å². The van der Waals surface area contributed by atoms with E-state index in [1.54, 1.807) is 6.07 Å². The molecule has 0 heterocycles. The van der Waals surface area contributed by atoms with Crippen molar-refractivity contribution in [2.45, 2.75) is 13.8 Å². The maximum atomic E-state index is 10.2. The van der Waals surface area contributed by atoms with Crippen LogP contribution in [0.15, 0.2) is 16.6 Å². The summed E-state index contributed by atoms with van der Waals surface area (Å²) in [6.45, 7) is 3.35. The van der Waals surface area contributed by atoms with Crippen LogP contribution in [-0.2, 0) is 4.79 Å². The van der Waals surface area contributed by atoms with Crippen molar-refractivity contribution in [3.05, 3.63) is 27.7 Å². The number of hydrogen-bond donors (Lipinski definition) is 0. The molecular formula is C10H10BrO3-. The lowest BCUT2D eigenvalue weighted by molar-refractivity contribution is -0.307. The van der Waals surface area contributed by atoms with E-state index in [9.17, 15) is 9.90 Å². The fourth-order valence-corrected chi connectivity index (χ4v) is 1.50. The van der Waals surface area contributed by atoms with Crippen LogP contribution in [0.2, 0.25) is 0 Å². The number of carboxylic acid groups (broad SMARTS) is 1. The summed E-state index contributed by atoms with van der Waals surface area (Å²) in [6.07, 6.45) is 0. The van der Waals surface area contributed by atoms with Gasteiger partial charge in [0.2, 0.25) is 0 Å². The minimum Gasteiger partial charge on any atom is -0.546 e. The molecule has 0 aliphatic heterocycles. The summed E-state index contributed by atoms with van der Waals surface area (Å²) in [5.74, 6) is -0.639. The second-order valence-electron chi connectivity index (χ2n) is 3.03. The Bertz CT molecular complexity index is 361. The highest BCUT2D eigenvalue weighted by Gasteiger charge is 2.03. The number of benzene rings is 1. The zero-order valence-corrected chi connectivity index (χ0v) is 9.55. The molecule has 0 aliphatic rings. The van der Waals surface area contributed by atoms with E-state index in [-0.39, 0.29) is 0 Å². The quantitative estimate of drug-likeness (QED) is 0.818. The normalized spacial score (nSPS) is 9.93. The topological polar surface area (TPSA) is 49.4 Å². The van der Waals surface area contributed by atoms with Gasteiger partial charge in [-0.25, -0.2) is 0 Å². The zero-order valence-electron chi connectivity index (χ0n) is 7.96. The van der Waals surface area contributed by atoms with E-state index in [4.69, 9.17) is 4.74 Å². The van der Waals surface area contributed by atoms with Crippen LogP contribution in [0.3, 0.4) is 0 Å². The molecule has 0 spiro atoms. The molecule has 0 aromatic heterocycles. The van der Waals surface area contributed by atoms with Gasteiger partial charge in [-0.1, -0.05) is 15.9 Å². The predicted molar refractivity (Wildman–Crippen MR) is 54.1 cm³/mol. The molecule has 0 bridgehead atoms. The monoisotopic (exact) mass is 257 g/mol. The first kappa shape index (κ1) is 11.0. The minimum atomic E-state index is -1.22. The number of hydrogen-bond acceptors (Lipinski definition) is 3. The molecule has 1 aromatic rings. The highest BCUT2D eigenvalue weighted by molar-refractivity contribution is 9.10. The largest absolute Gasteiger partial charge is 0.546 e. The van der Waals surface area contributed by atoms with Crippen LogP contribution < -0.4 is 9.84 Å². The number of aliphatic carboxylic acids is 1. The van der Waals surface area contributed by atoms with Crippen LogP contribution in [0.5, 0.6) is 5.75 Å². The maximum Gasteiger partial charge on any atom is 0.128 e. The van der Waals surface area contributed by atoms with Gasteiger partial charge in [0.15, 0.2) is 0 Å².